The summed E-state index contributed by atoms with van der Waals surface area (Å²) < 4.78 is 37.2. The number of carbonyl (C=O) groups excluding carboxylic acids is 2. The van der Waals surface area contributed by atoms with Crippen molar-refractivity contribution in [3.63, 3.8) is 0 Å². The number of ether oxygens (including phenoxy) is 1. The highest BCUT2D eigenvalue weighted by atomic mass is 32.2. The first kappa shape index (κ1) is 20.3. The molecule has 0 atom stereocenters. The topological polar surface area (TPSA) is 127 Å². The number of benzene rings is 1. The van der Waals surface area contributed by atoms with Crippen molar-refractivity contribution >= 4 is 39.5 Å². The predicted octanol–water partition coefficient (Wildman–Crippen LogP) is 1.95. The molecule has 0 aliphatic carbocycles. The molecule has 3 rings (SSSR count). The number of carbonyl (C=O) groups is 2. The fraction of sp³-hybridized carbons (Fsp3) is 0.211. The third-order valence-electron chi connectivity index (χ3n) is 3.83. The number of amidine groups is 1. The van der Waals surface area contributed by atoms with Gasteiger partial charge in [-0.1, -0.05) is 6.07 Å². The number of aliphatic imine (C=N–C) groups is 1. The third kappa shape index (κ3) is 6.04. The fourth-order valence-electron chi connectivity index (χ4n) is 2.50. The predicted molar refractivity (Wildman–Crippen MR) is 106 cm³/mol. The molecule has 2 aromatic rings. The number of furan rings is 1. The monoisotopic (exact) mass is 417 g/mol. The van der Waals surface area contributed by atoms with Crippen LogP contribution in [0.3, 0.4) is 0 Å². The zero-order valence-corrected chi connectivity index (χ0v) is 16.1. The molecule has 1 aliphatic rings. The molecular formula is C19H19N3O6S. The highest BCUT2D eigenvalue weighted by molar-refractivity contribution is 7.90. The van der Waals surface area contributed by atoms with Crippen LogP contribution in [0.25, 0.3) is 6.08 Å². The molecule has 1 amide bonds. The molecule has 2 N–H and O–H groups in total. The number of amides is 1. The number of rotatable bonds is 7. The number of nitrogens with zero attached hydrogens (tertiary/aromatic N) is 1. The summed E-state index contributed by atoms with van der Waals surface area (Å²) in [6, 6.07) is 9.08. The average Bonchev–Trinajstić information content (AvgIpc) is 3.39. The summed E-state index contributed by atoms with van der Waals surface area (Å²) in [5.74, 6) is -0.419. The number of sulfonamides is 1. The maximum absolute atomic E-state index is 12.4. The van der Waals surface area contributed by atoms with Crippen LogP contribution in [0, 0.1) is 0 Å². The van der Waals surface area contributed by atoms with Gasteiger partial charge >= 0.3 is 5.97 Å². The molecule has 0 fully saturated rings. The van der Waals surface area contributed by atoms with Gasteiger partial charge in [-0.2, -0.15) is 0 Å². The van der Waals surface area contributed by atoms with Crippen LogP contribution >= 0.6 is 0 Å². The molecule has 0 spiro atoms. The van der Waals surface area contributed by atoms with E-state index in [0.29, 0.717) is 24.6 Å². The van der Waals surface area contributed by atoms with Crippen LogP contribution in [-0.2, 0) is 24.3 Å². The van der Waals surface area contributed by atoms with E-state index in [4.69, 9.17) is 9.15 Å². The Morgan fingerprint density at radius 2 is 2.10 bits per heavy atom. The van der Waals surface area contributed by atoms with Gasteiger partial charge in [0.1, 0.15) is 11.6 Å². The second-order valence-corrected chi connectivity index (χ2v) is 7.75. The van der Waals surface area contributed by atoms with Crippen molar-refractivity contribution in [2.75, 3.05) is 18.5 Å². The summed E-state index contributed by atoms with van der Waals surface area (Å²) in [6.07, 6.45) is 5.40. The van der Waals surface area contributed by atoms with Gasteiger partial charge in [-0.15, -0.1) is 0 Å². The molecule has 2 heterocycles. The van der Waals surface area contributed by atoms with Crippen LogP contribution in [0.1, 0.15) is 18.6 Å². The van der Waals surface area contributed by atoms with Gasteiger partial charge in [-0.25, -0.2) is 13.2 Å². The van der Waals surface area contributed by atoms with E-state index in [9.17, 15) is 18.0 Å². The maximum Gasteiger partial charge on any atom is 0.331 e. The summed E-state index contributed by atoms with van der Waals surface area (Å²) >= 11 is 0. The van der Waals surface area contributed by atoms with E-state index < -0.39 is 28.5 Å². The molecule has 29 heavy (non-hydrogen) atoms. The Bertz CT molecular complexity index is 1040. The second-order valence-electron chi connectivity index (χ2n) is 6.07. The molecule has 1 aromatic carbocycles. The fourth-order valence-corrected chi connectivity index (χ4v) is 3.63. The van der Waals surface area contributed by atoms with Gasteiger partial charge in [0, 0.05) is 24.7 Å². The van der Waals surface area contributed by atoms with Crippen LogP contribution in [0.4, 0.5) is 5.69 Å². The van der Waals surface area contributed by atoms with Crippen LogP contribution in [0.2, 0.25) is 0 Å². The van der Waals surface area contributed by atoms with E-state index >= 15 is 0 Å². The molecule has 0 bridgehead atoms. The first-order valence-electron chi connectivity index (χ1n) is 8.77. The largest absolute Gasteiger partial charge is 0.465 e. The quantitative estimate of drug-likeness (QED) is 0.524. The molecule has 0 saturated heterocycles. The summed E-state index contributed by atoms with van der Waals surface area (Å²) in [7, 11) is -3.79. The minimum Gasteiger partial charge on any atom is -0.465 e. The van der Waals surface area contributed by atoms with Crippen LogP contribution in [0.15, 0.2) is 63.0 Å². The van der Waals surface area contributed by atoms with E-state index in [2.05, 4.69) is 15.0 Å². The lowest BCUT2D eigenvalue weighted by atomic mass is 10.3. The van der Waals surface area contributed by atoms with E-state index in [0.717, 1.165) is 12.5 Å². The van der Waals surface area contributed by atoms with Gasteiger partial charge < -0.3 is 14.5 Å². The molecular weight excluding hydrogens is 398 g/mol. The Kier molecular flexibility index (Phi) is 6.45. The molecule has 1 aromatic heterocycles. The van der Waals surface area contributed by atoms with Gasteiger partial charge in [-0.05, 0) is 42.8 Å². The first-order valence-corrected chi connectivity index (χ1v) is 10.2. The summed E-state index contributed by atoms with van der Waals surface area (Å²) in [6.45, 7) is 0.0801. The molecule has 9 nitrogen and oxygen atoms in total. The lowest BCUT2D eigenvalue weighted by Crippen LogP contribution is -2.29. The number of hydrogen-bond donors (Lipinski definition) is 2. The Morgan fingerprint density at radius 3 is 2.83 bits per heavy atom. The zero-order chi connectivity index (χ0) is 20.7. The lowest BCUT2D eigenvalue weighted by molar-refractivity contribution is -0.142. The van der Waals surface area contributed by atoms with E-state index in [1.54, 1.807) is 12.1 Å². The van der Waals surface area contributed by atoms with Crippen molar-refractivity contribution in [2.45, 2.75) is 17.7 Å². The third-order valence-corrected chi connectivity index (χ3v) is 5.21. The average molecular weight is 417 g/mol. The molecule has 10 heteroatoms. The molecule has 1 aliphatic heterocycles. The first-order chi connectivity index (χ1) is 13.9. The van der Waals surface area contributed by atoms with Gasteiger partial charge in [-0.3, -0.25) is 14.5 Å². The summed E-state index contributed by atoms with van der Waals surface area (Å²) in [5.41, 5.74) is 0.258. The maximum atomic E-state index is 12.4. The van der Waals surface area contributed by atoms with Crippen molar-refractivity contribution in [3.05, 3.63) is 54.5 Å². The molecule has 0 radical (unpaired) electrons. The Balaban J connectivity index is 1.54. The number of anilines is 1. The van der Waals surface area contributed by atoms with Crippen LogP contribution in [0.5, 0.6) is 0 Å². The lowest BCUT2D eigenvalue weighted by Gasteiger charge is -2.10. The molecule has 152 valence electrons. The smallest absolute Gasteiger partial charge is 0.331 e. The second kappa shape index (κ2) is 9.20. The Labute approximate surface area is 167 Å². The minimum atomic E-state index is -3.79. The van der Waals surface area contributed by atoms with Gasteiger partial charge in [0.15, 0.2) is 6.61 Å². The normalized spacial score (nSPS) is 13.9. The minimum absolute atomic E-state index is 0.0109. The highest BCUT2D eigenvalue weighted by Crippen LogP contribution is 2.16. The van der Waals surface area contributed by atoms with Crippen LogP contribution in [-0.4, -0.2) is 39.3 Å². The van der Waals surface area contributed by atoms with E-state index in [1.165, 1.54) is 36.6 Å². The molecule has 0 unspecified atom stereocenters. The Hall–Kier alpha value is -3.40. The highest BCUT2D eigenvalue weighted by Gasteiger charge is 2.18. The summed E-state index contributed by atoms with van der Waals surface area (Å²) in [5, 5.41) is 2.49. The van der Waals surface area contributed by atoms with Gasteiger partial charge in [0.25, 0.3) is 15.9 Å². The Morgan fingerprint density at radius 1 is 1.24 bits per heavy atom. The van der Waals surface area contributed by atoms with E-state index in [-0.39, 0.29) is 10.6 Å². The SMILES string of the molecule is O=C(COC(=O)/C=C/c1ccco1)Nc1cccc(S(=O)(=O)NC2=NCCC2)c1. The van der Waals surface area contributed by atoms with E-state index in [1.807, 2.05) is 0 Å². The number of nitrogens with one attached hydrogen (secondary N) is 2. The van der Waals surface area contributed by atoms with Crippen molar-refractivity contribution in [1.82, 2.24) is 4.72 Å². The van der Waals surface area contributed by atoms with Crippen molar-refractivity contribution in [1.29, 1.82) is 0 Å². The zero-order valence-electron chi connectivity index (χ0n) is 15.3. The number of esters is 1. The number of hydrogen-bond acceptors (Lipinski definition) is 7. The van der Waals surface area contributed by atoms with Gasteiger partial charge in [0.05, 0.1) is 11.2 Å². The van der Waals surface area contributed by atoms with Gasteiger partial charge in [0.2, 0.25) is 0 Å². The van der Waals surface area contributed by atoms with Crippen LogP contribution < -0.4 is 10.0 Å². The molecule has 0 saturated carbocycles. The van der Waals surface area contributed by atoms with Crippen molar-refractivity contribution in [3.8, 4) is 0 Å². The summed E-state index contributed by atoms with van der Waals surface area (Å²) in [4.78, 5) is 27.7. The van der Waals surface area contributed by atoms with Crippen molar-refractivity contribution < 1.29 is 27.2 Å². The standard InChI is InChI=1S/C19H19N3O6S/c23-18(13-28-19(24)9-8-15-5-3-11-27-15)21-14-4-1-6-16(12-14)29(25,26)22-17-7-2-10-20-17/h1,3-6,8-9,11-12H,2,7,10,13H2,(H,20,22)(H,21,23)/b9-8+. The van der Waals surface area contributed by atoms with Crippen molar-refractivity contribution in [2.24, 2.45) is 4.99 Å².